The van der Waals surface area contributed by atoms with E-state index < -0.39 is 0 Å². The van der Waals surface area contributed by atoms with Crippen LogP contribution in [0.1, 0.15) is 29.8 Å². The summed E-state index contributed by atoms with van der Waals surface area (Å²) in [6.45, 7) is 3.38. The van der Waals surface area contributed by atoms with Crippen molar-refractivity contribution < 1.29 is 14.3 Å². The summed E-state index contributed by atoms with van der Waals surface area (Å²) >= 11 is 0. The van der Waals surface area contributed by atoms with Gasteiger partial charge >= 0.3 is 0 Å². The molecule has 8 nitrogen and oxygen atoms in total. The van der Waals surface area contributed by atoms with E-state index in [0.29, 0.717) is 18.8 Å². The molecule has 2 amide bonds. The molecule has 1 fully saturated rings. The van der Waals surface area contributed by atoms with Crippen LogP contribution in [0.15, 0.2) is 24.3 Å². The number of piperidine rings is 1. The fraction of sp³-hybridized carbons (Fsp3) is 0.526. The second kappa shape index (κ2) is 8.96. The van der Waals surface area contributed by atoms with Crippen LogP contribution in [0.3, 0.4) is 0 Å². The number of methoxy groups -OCH3 is 1. The highest BCUT2D eigenvalue weighted by Gasteiger charge is 2.32. The maximum absolute atomic E-state index is 12.3. The van der Waals surface area contributed by atoms with Gasteiger partial charge in [-0.15, -0.1) is 0 Å². The number of amides is 2. The first-order valence-corrected chi connectivity index (χ1v) is 9.31. The van der Waals surface area contributed by atoms with Crippen molar-refractivity contribution >= 4 is 22.7 Å². The predicted octanol–water partition coefficient (Wildman–Crippen LogP) is 0.815. The van der Waals surface area contributed by atoms with Crippen molar-refractivity contribution in [3.8, 4) is 0 Å². The predicted molar refractivity (Wildman–Crippen MR) is 102 cm³/mol. The van der Waals surface area contributed by atoms with Gasteiger partial charge in [0, 0.05) is 37.4 Å². The summed E-state index contributed by atoms with van der Waals surface area (Å²) in [5.41, 5.74) is 1.15. The summed E-state index contributed by atoms with van der Waals surface area (Å²) in [5, 5.41) is 16.8. The Morgan fingerprint density at radius 1 is 1.22 bits per heavy atom. The summed E-state index contributed by atoms with van der Waals surface area (Å²) in [6, 6.07) is 7.45. The van der Waals surface area contributed by atoms with Crippen LogP contribution in [0.25, 0.3) is 10.9 Å². The standard InChI is InChI=1S/C19H27N5O3/c1-27-13-19(7-10-20-11-8-19)12-22-16(25)6-9-21-18(26)17-14-4-2-3-5-15(14)23-24-17/h2-5,20H,6-13H2,1H3,(H,21,26)(H,22,25)(H,23,24). The molecule has 1 aromatic carbocycles. The van der Waals surface area contributed by atoms with Crippen LogP contribution in [-0.4, -0.2) is 61.9 Å². The van der Waals surface area contributed by atoms with Gasteiger partial charge in [-0.25, -0.2) is 0 Å². The number of H-pyrrole nitrogens is 1. The number of carbonyl (C=O) groups excluding carboxylic acids is 2. The first-order chi connectivity index (χ1) is 13.1. The van der Waals surface area contributed by atoms with Gasteiger partial charge in [-0.2, -0.15) is 5.10 Å². The number of benzene rings is 1. The molecule has 0 atom stereocenters. The molecule has 8 heteroatoms. The molecule has 1 saturated heterocycles. The van der Waals surface area contributed by atoms with Gasteiger partial charge in [-0.3, -0.25) is 14.7 Å². The van der Waals surface area contributed by atoms with Crippen LogP contribution in [0.5, 0.6) is 0 Å². The highest BCUT2D eigenvalue weighted by atomic mass is 16.5. The van der Waals surface area contributed by atoms with Gasteiger partial charge in [-0.1, -0.05) is 18.2 Å². The van der Waals surface area contributed by atoms with Crippen molar-refractivity contribution in [1.82, 2.24) is 26.1 Å². The fourth-order valence-corrected chi connectivity index (χ4v) is 3.52. The number of hydrogen-bond donors (Lipinski definition) is 4. The minimum absolute atomic E-state index is 0.00708. The summed E-state index contributed by atoms with van der Waals surface area (Å²) in [7, 11) is 1.69. The minimum Gasteiger partial charge on any atom is -0.384 e. The monoisotopic (exact) mass is 373 g/mol. The van der Waals surface area contributed by atoms with Crippen molar-refractivity contribution in [1.29, 1.82) is 0 Å². The number of aromatic nitrogens is 2. The van der Waals surface area contributed by atoms with Crippen molar-refractivity contribution in [3.63, 3.8) is 0 Å². The Kier molecular flexibility index (Phi) is 6.41. The lowest BCUT2D eigenvalue weighted by Gasteiger charge is -2.37. The zero-order chi connectivity index (χ0) is 19.1. The lowest BCUT2D eigenvalue weighted by molar-refractivity contribution is -0.121. The molecule has 1 aliphatic rings. The van der Waals surface area contributed by atoms with Gasteiger partial charge < -0.3 is 20.7 Å². The molecule has 0 bridgehead atoms. The number of carbonyl (C=O) groups is 2. The van der Waals surface area contributed by atoms with E-state index in [2.05, 4.69) is 26.1 Å². The van der Waals surface area contributed by atoms with Gasteiger partial charge in [0.2, 0.25) is 5.91 Å². The summed E-state index contributed by atoms with van der Waals surface area (Å²) in [6.07, 6.45) is 2.18. The molecular formula is C19H27N5O3. The molecule has 3 rings (SSSR count). The molecular weight excluding hydrogens is 346 g/mol. The zero-order valence-electron chi connectivity index (χ0n) is 15.6. The Labute approximate surface area is 158 Å². The third-order valence-corrected chi connectivity index (χ3v) is 5.10. The van der Waals surface area contributed by atoms with E-state index in [-0.39, 0.29) is 30.2 Å². The van der Waals surface area contributed by atoms with E-state index in [1.54, 1.807) is 7.11 Å². The van der Waals surface area contributed by atoms with Crippen LogP contribution in [0.4, 0.5) is 0 Å². The molecule has 0 spiro atoms. The summed E-state index contributed by atoms with van der Waals surface area (Å²) in [4.78, 5) is 24.5. The second-order valence-corrected chi connectivity index (χ2v) is 7.08. The molecule has 2 aromatic rings. The van der Waals surface area contributed by atoms with Gasteiger partial charge in [0.05, 0.1) is 12.1 Å². The second-order valence-electron chi connectivity index (χ2n) is 7.08. The third kappa shape index (κ3) is 4.84. The van der Waals surface area contributed by atoms with Crippen LogP contribution in [0.2, 0.25) is 0 Å². The Hall–Kier alpha value is -2.45. The zero-order valence-corrected chi connectivity index (χ0v) is 15.6. The van der Waals surface area contributed by atoms with Crippen LogP contribution < -0.4 is 16.0 Å². The molecule has 1 aliphatic heterocycles. The van der Waals surface area contributed by atoms with E-state index in [4.69, 9.17) is 4.74 Å². The minimum atomic E-state index is -0.283. The molecule has 4 N–H and O–H groups in total. The average Bonchev–Trinajstić information content (AvgIpc) is 3.12. The number of aromatic amines is 1. The number of nitrogens with zero attached hydrogens (tertiary/aromatic N) is 1. The average molecular weight is 373 g/mol. The molecule has 0 radical (unpaired) electrons. The van der Waals surface area contributed by atoms with Gasteiger partial charge in [0.1, 0.15) is 0 Å². The van der Waals surface area contributed by atoms with Crippen LogP contribution in [-0.2, 0) is 9.53 Å². The maximum atomic E-state index is 12.3. The van der Waals surface area contributed by atoms with Gasteiger partial charge in [-0.05, 0) is 32.0 Å². The van der Waals surface area contributed by atoms with E-state index in [0.717, 1.165) is 36.8 Å². The van der Waals surface area contributed by atoms with Crippen molar-refractivity contribution in [3.05, 3.63) is 30.0 Å². The third-order valence-electron chi connectivity index (χ3n) is 5.10. The Morgan fingerprint density at radius 3 is 2.78 bits per heavy atom. The van der Waals surface area contributed by atoms with E-state index in [9.17, 15) is 9.59 Å². The summed E-state index contributed by atoms with van der Waals surface area (Å²) < 4.78 is 5.36. The highest BCUT2D eigenvalue weighted by molar-refractivity contribution is 6.04. The van der Waals surface area contributed by atoms with E-state index in [1.165, 1.54) is 0 Å². The number of hydrogen-bond acceptors (Lipinski definition) is 5. The van der Waals surface area contributed by atoms with Gasteiger partial charge in [0.25, 0.3) is 5.91 Å². The van der Waals surface area contributed by atoms with Crippen molar-refractivity contribution in [2.75, 3.05) is 39.9 Å². The quantitative estimate of drug-likeness (QED) is 0.548. The largest absolute Gasteiger partial charge is 0.384 e. The number of rotatable bonds is 8. The number of ether oxygens (including phenoxy) is 1. The smallest absolute Gasteiger partial charge is 0.272 e. The molecule has 27 heavy (non-hydrogen) atoms. The topological polar surface area (TPSA) is 108 Å². The van der Waals surface area contributed by atoms with Crippen molar-refractivity contribution in [2.45, 2.75) is 19.3 Å². The van der Waals surface area contributed by atoms with E-state index in [1.807, 2.05) is 24.3 Å². The maximum Gasteiger partial charge on any atom is 0.272 e. The lowest BCUT2D eigenvalue weighted by Crippen LogP contribution is -2.47. The SMILES string of the molecule is COCC1(CNC(=O)CCNC(=O)c2n[nH]c3ccccc23)CCNCC1. The fourth-order valence-electron chi connectivity index (χ4n) is 3.52. The first kappa shape index (κ1) is 19.3. The lowest BCUT2D eigenvalue weighted by atomic mass is 9.79. The molecule has 1 aromatic heterocycles. The van der Waals surface area contributed by atoms with Crippen LogP contribution in [0, 0.1) is 5.41 Å². The summed E-state index contributed by atoms with van der Waals surface area (Å²) in [5.74, 6) is -0.356. The van der Waals surface area contributed by atoms with E-state index >= 15 is 0 Å². The normalized spacial score (nSPS) is 16.2. The van der Waals surface area contributed by atoms with Crippen molar-refractivity contribution in [2.24, 2.45) is 5.41 Å². The number of nitrogens with one attached hydrogen (secondary N) is 4. The molecule has 0 saturated carbocycles. The first-order valence-electron chi connectivity index (χ1n) is 9.31. The molecule has 146 valence electrons. The highest BCUT2D eigenvalue weighted by Crippen LogP contribution is 2.28. The number of para-hydroxylation sites is 1. The van der Waals surface area contributed by atoms with Gasteiger partial charge in [0.15, 0.2) is 5.69 Å². The Balaban J connectivity index is 1.44. The Bertz CT molecular complexity index is 777. The molecule has 0 unspecified atom stereocenters. The Morgan fingerprint density at radius 2 is 2.00 bits per heavy atom. The number of fused-ring (bicyclic) bond motifs is 1. The molecule has 2 heterocycles. The molecule has 0 aliphatic carbocycles. The van der Waals surface area contributed by atoms with Crippen LogP contribution >= 0.6 is 0 Å².